The summed E-state index contributed by atoms with van der Waals surface area (Å²) in [7, 11) is 2.45. The molecule has 0 bridgehead atoms. The van der Waals surface area contributed by atoms with Gasteiger partial charge in [-0.05, 0) is 32.1 Å². The highest BCUT2D eigenvalue weighted by Crippen LogP contribution is 2.17. The Balaban J connectivity index is 0.00000169. The van der Waals surface area contributed by atoms with Crippen LogP contribution >= 0.6 is 0 Å². The number of hydrogen-bond acceptors (Lipinski definition) is 0. The highest BCUT2D eigenvalue weighted by Gasteiger charge is 2.23. The van der Waals surface area contributed by atoms with Gasteiger partial charge in [-0.2, -0.15) is 0 Å². The van der Waals surface area contributed by atoms with Gasteiger partial charge in [0.05, 0.1) is 26.7 Å². The SMILES string of the molecule is CCCCCC[N+]1(C)CCCCC1.[F-]. The van der Waals surface area contributed by atoms with Crippen molar-refractivity contribution >= 4 is 0 Å². The fraction of sp³-hybridized carbons (Fsp3) is 1.00. The van der Waals surface area contributed by atoms with Crippen LogP contribution in [0.25, 0.3) is 0 Å². The molecule has 86 valence electrons. The summed E-state index contributed by atoms with van der Waals surface area (Å²) in [6.07, 6.45) is 10.1. The average molecular weight is 203 g/mol. The minimum absolute atomic E-state index is 0. The molecular formula is C12H26FN. The lowest BCUT2D eigenvalue weighted by Crippen LogP contribution is -3.00. The number of quaternary nitrogens is 1. The van der Waals surface area contributed by atoms with Gasteiger partial charge in [0.15, 0.2) is 0 Å². The molecule has 0 atom stereocenters. The maximum atomic E-state index is 2.45. The second-order valence-corrected chi connectivity index (χ2v) is 4.91. The highest BCUT2D eigenvalue weighted by atomic mass is 19.0. The van der Waals surface area contributed by atoms with Crippen molar-refractivity contribution in [2.24, 2.45) is 0 Å². The molecule has 2 heteroatoms. The van der Waals surface area contributed by atoms with E-state index in [1.165, 1.54) is 69.1 Å². The molecule has 14 heavy (non-hydrogen) atoms. The molecule has 1 aliphatic heterocycles. The predicted molar refractivity (Wildman–Crippen MR) is 58.8 cm³/mol. The lowest BCUT2D eigenvalue weighted by Gasteiger charge is -2.37. The largest absolute Gasteiger partial charge is 1.00 e. The van der Waals surface area contributed by atoms with Gasteiger partial charge in [0.2, 0.25) is 0 Å². The van der Waals surface area contributed by atoms with Crippen molar-refractivity contribution in [3.63, 3.8) is 0 Å². The minimum Gasteiger partial charge on any atom is -1.00 e. The van der Waals surface area contributed by atoms with Crippen LogP contribution in [-0.4, -0.2) is 31.2 Å². The van der Waals surface area contributed by atoms with Crippen molar-refractivity contribution in [2.45, 2.75) is 51.9 Å². The third-order valence-corrected chi connectivity index (χ3v) is 3.45. The molecule has 0 aliphatic carbocycles. The van der Waals surface area contributed by atoms with Crippen molar-refractivity contribution in [1.29, 1.82) is 0 Å². The van der Waals surface area contributed by atoms with E-state index in [1.807, 2.05) is 0 Å². The molecular weight excluding hydrogens is 177 g/mol. The highest BCUT2D eigenvalue weighted by molar-refractivity contribution is 4.52. The van der Waals surface area contributed by atoms with Crippen LogP contribution in [0.2, 0.25) is 0 Å². The number of unbranched alkanes of at least 4 members (excludes halogenated alkanes) is 3. The van der Waals surface area contributed by atoms with Gasteiger partial charge in [0.25, 0.3) is 0 Å². The quantitative estimate of drug-likeness (QED) is 0.442. The lowest BCUT2D eigenvalue weighted by atomic mass is 10.1. The monoisotopic (exact) mass is 203 g/mol. The van der Waals surface area contributed by atoms with Gasteiger partial charge in [-0.1, -0.05) is 19.8 Å². The molecule has 1 nitrogen and oxygen atoms in total. The van der Waals surface area contributed by atoms with E-state index in [0.29, 0.717) is 0 Å². The molecule has 1 aliphatic rings. The Bertz CT molecular complexity index is 130. The van der Waals surface area contributed by atoms with Crippen molar-refractivity contribution in [3.8, 4) is 0 Å². The van der Waals surface area contributed by atoms with Crippen LogP contribution in [0.1, 0.15) is 51.9 Å². The fourth-order valence-electron chi connectivity index (χ4n) is 2.42. The fourth-order valence-corrected chi connectivity index (χ4v) is 2.42. The minimum atomic E-state index is 0. The molecule has 0 amide bonds. The smallest absolute Gasteiger partial charge is 0.0784 e. The summed E-state index contributed by atoms with van der Waals surface area (Å²) in [5.74, 6) is 0. The van der Waals surface area contributed by atoms with Crippen molar-refractivity contribution in [1.82, 2.24) is 0 Å². The normalized spacial score (nSPS) is 20.1. The number of hydrogen-bond donors (Lipinski definition) is 0. The van der Waals surface area contributed by atoms with Gasteiger partial charge < -0.3 is 9.19 Å². The summed E-state index contributed by atoms with van der Waals surface area (Å²) in [6.45, 7) is 6.59. The molecule has 0 unspecified atom stereocenters. The van der Waals surface area contributed by atoms with E-state index in [0.717, 1.165) is 0 Å². The van der Waals surface area contributed by atoms with Crippen LogP contribution in [0.4, 0.5) is 0 Å². The Morgan fingerprint density at radius 2 is 1.57 bits per heavy atom. The third-order valence-electron chi connectivity index (χ3n) is 3.45. The maximum Gasteiger partial charge on any atom is 0.0784 e. The average Bonchev–Trinajstić information content (AvgIpc) is 2.14. The zero-order valence-corrected chi connectivity index (χ0v) is 9.90. The molecule has 0 aromatic carbocycles. The van der Waals surface area contributed by atoms with Crippen LogP contribution in [-0.2, 0) is 0 Å². The van der Waals surface area contributed by atoms with Gasteiger partial charge >= 0.3 is 0 Å². The Kier molecular flexibility index (Phi) is 7.16. The Labute approximate surface area is 88.4 Å². The van der Waals surface area contributed by atoms with E-state index < -0.39 is 0 Å². The van der Waals surface area contributed by atoms with E-state index in [9.17, 15) is 0 Å². The molecule has 0 N–H and O–H groups in total. The molecule has 1 saturated heterocycles. The molecule has 1 heterocycles. The van der Waals surface area contributed by atoms with Gasteiger partial charge in [0.1, 0.15) is 0 Å². The van der Waals surface area contributed by atoms with E-state index in [-0.39, 0.29) is 4.70 Å². The Morgan fingerprint density at radius 1 is 0.929 bits per heavy atom. The van der Waals surface area contributed by atoms with Crippen LogP contribution in [0.15, 0.2) is 0 Å². The first-order valence-electron chi connectivity index (χ1n) is 6.10. The van der Waals surface area contributed by atoms with Gasteiger partial charge in [0, 0.05) is 0 Å². The topological polar surface area (TPSA) is 0 Å². The zero-order valence-electron chi connectivity index (χ0n) is 9.90. The third kappa shape index (κ3) is 4.94. The van der Waals surface area contributed by atoms with E-state index in [1.54, 1.807) is 0 Å². The van der Waals surface area contributed by atoms with Crippen molar-refractivity contribution in [2.75, 3.05) is 26.7 Å². The summed E-state index contributed by atoms with van der Waals surface area (Å²) in [6, 6.07) is 0. The zero-order chi connectivity index (χ0) is 9.57. The van der Waals surface area contributed by atoms with Crippen LogP contribution < -0.4 is 4.70 Å². The number of likely N-dealkylation sites (tertiary alicyclic amines) is 1. The van der Waals surface area contributed by atoms with E-state index in [2.05, 4.69) is 14.0 Å². The number of rotatable bonds is 5. The van der Waals surface area contributed by atoms with Crippen LogP contribution in [0.5, 0.6) is 0 Å². The van der Waals surface area contributed by atoms with E-state index in [4.69, 9.17) is 0 Å². The number of nitrogens with zero attached hydrogens (tertiary/aromatic N) is 1. The van der Waals surface area contributed by atoms with E-state index >= 15 is 0 Å². The Hall–Kier alpha value is -0.110. The van der Waals surface area contributed by atoms with Gasteiger partial charge in [-0.15, -0.1) is 0 Å². The second-order valence-electron chi connectivity index (χ2n) is 4.91. The summed E-state index contributed by atoms with van der Waals surface area (Å²) in [4.78, 5) is 0. The summed E-state index contributed by atoms with van der Waals surface area (Å²) < 4.78 is 1.36. The summed E-state index contributed by atoms with van der Waals surface area (Å²) in [5, 5.41) is 0. The molecule has 0 aromatic rings. The maximum absolute atomic E-state index is 2.45. The first kappa shape index (κ1) is 13.9. The second kappa shape index (κ2) is 7.22. The first-order valence-corrected chi connectivity index (χ1v) is 6.10. The number of piperidine rings is 1. The summed E-state index contributed by atoms with van der Waals surface area (Å²) in [5.41, 5.74) is 0. The molecule has 0 saturated carbocycles. The Morgan fingerprint density at radius 3 is 2.14 bits per heavy atom. The van der Waals surface area contributed by atoms with Crippen molar-refractivity contribution < 1.29 is 9.19 Å². The van der Waals surface area contributed by atoms with Crippen molar-refractivity contribution in [3.05, 3.63) is 0 Å². The molecule has 0 spiro atoms. The first-order chi connectivity index (χ1) is 6.27. The van der Waals surface area contributed by atoms with Crippen LogP contribution in [0, 0.1) is 0 Å². The molecule has 1 fully saturated rings. The molecule has 0 aromatic heterocycles. The standard InChI is InChI=1S/C12H26N.FH/c1-3-4-5-7-10-13(2)11-8-6-9-12-13;/h3-12H2,1-2H3;1H/q+1;/p-1. The lowest BCUT2D eigenvalue weighted by molar-refractivity contribution is -0.914. The molecule has 1 rings (SSSR count). The number of halogens is 1. The van der Waals surface area contributed by atoms with Crippen LogP contribution in [0.3, 0.4) is 0 Å². The predicted octanol–water partition coefficient (Wildman–Crippen LogP) is 0.201. The molecule has 0 radical (unpaired) electrons. The van der Waals surface area contributed by atoms with Gasteiger partial charge in [-0.25, -0.2) is 0 Å². The summed E-state index contributed by atoms with van der Waals surface area (Å²) >= 11 is 0. The van der Waals surface area contributed by atoms with Gasteiger partial charge in [-0.3, -0.25) is 0 Å².